The zero-order chi connectivity index (χ0) is 46.8. The van der Waals surface area contributed by atoms with E-state index in [0.717, 1.165) is 33.4 Å². The van der Waals surface area contributed by atoms with E-state index in [9.17, 15) is 4.79 Å². The Morgan fingerprint density at radius 2 is 0.706 bits per heavy atom. The lowest BCUT2D eigenvalue weighted by molar-refractivity contribution is -0.356. The monoisotopic (exact) mass is 922 g/mol. The van der Waals surface area contributed by atoms with Gasteiger partial charge in [0.05, 0.1) is 59.0 Å². The molecule has 10 atom stereocenters. The summed E-state index contributed by atoms with van der Waals surface area (Å²) in [4.78, 5) is 13.2. The first-order chi connectivity index (χ1) is 33.5. The summed E-state index contributed by atoms with van der Waals surface area (Å²) in [5.74, 6) is -0.536. The molecule has 8 rings (SSSR count). The summed E-state index contributed by atoms with van der Waals surface area (Å²) < 4.78 is 67.5. The van der Waals surface area contributed by atoms with Gasteiger partial charge < -0.3 is 47.4 Å². The fraction of sp³-hybridized carbons (Fsp3) is 0.351. The Morgan fingerprint density at radius 3 is 1.06 bits per heavy atom. The van der Waals surface area contributed by atoms with Crippen LogP contribution in [0.1, 0.15) is 47.2 Å². The molecular formula is C57H62O11. The average Bonchev–Trinajstić information content (AvgIpc) is 3.37. The van der Waals surface area contributed by atoms with Gasteiger partial charge >= 0.3 is 5.97 Å². The van der Waals surface area contributed by atoms with E-state index in [2.05, 4.69) is 0 Å². The second kappa shape index (κ2) is 25.7. The molecule has 2 fully saturated rings. The first kappa shape index (κ1) is 48.9. The summed E-state index contributed by atoms with van der Waals surface area (Å²) in [5.41, 5.74) is 5.88. The maximum atomic E-state index is 13.2. The SMILES string of the molecule is CC(=O)O[C@@H]1C(OCc2ccccc2)[C@H](OCc2ccccc2)C(COCc2ccccc2)O[C@@H]1O[C@@H]1C(OCc2ccccc2)[C@H](OCc2ccccc2)C(COCc2ccccc2)O[C@@H]1C. The van der Waals surface area contributed by atoms with E-state index in [4.69, 9.17) is 47.4 Å². The number of hydrogen-bond acceptors (Lipinski definition) is 11. The molecule has 2 aliphatic heterocycles. The third-order valence-electron chi connectivity index (χ3n) is 12.0. The van der Waals surface area contributed by atoms with Crippen LogP contribution in [0.25, 0.3) is 0 Å². The van der Waals surface area contributed by atoms with Gasteiger partial charge in [-0.2, -0.15) is 0 Å². The van der Waals surface area contributed by atoms with Crippen molar-refractivity contribution in [1.29, 1.82) is 0 Å². The predicted molar refractivity (Wildman–Crippen MR) is 256 cm³/mol. The molecule has 68 heavy (non-hydrogen) atoms. The third-order valence-corrected chi connectivity index (χ3v) is 12.0. The molecule has 11 heteroatoms. The van der Waals surface area contributed by atoms with Crippen LogP contribution in [0.15, 0.2) is 182 Å². The zero-order valence-electron chi connectivity index (χ0n) is 38.7. The van der Waals surface area contributed by atoms with Crippen LogP contribution in [0.5, 0.6) is 0 Å². The fourth-order valence-corrected chi connectivity index (χ4v) is 8.60. The average molecular weight is 923 g/mol. The summed E-state index contributed by atoms with van der Waals surface area (Å²) in [5, 5.41) is 0. The Kier molecular flexibility index (Phi) is 18.5. The second-order valence-corrected chi connectivity index (χ2v) is 17.1. The smallest absolute Gasteiger partial charge is 0.303 e. The Hall–Kier alpha value is -5.57. The minimum atomic E-state index is -1.19. The molecule has 0 aromatic heterocycles. The highest BCUT2D eigenvalue weighted by Crippen LogP contribution is 2.36. The molecule has 356 valence electrons. The van der Waals surface area contributed by atoms with Crippen molar-refractivity contribution in [2.45, 2.75) is 115 Å². The summed E-state index contributed by atoms with van der Waals surface area (Å²) in [6, 6.07) is 59.6. The van der Waals surface area contributed by atoms with E-state index >= 15 is 0 Å². The number of esters is 1. The quantitative estimate of drug-likeness (QED) is 0.0574. The molecular weight excluding hydrogens is 861 g/mol. The summed E-state index contributed by atoms with van der Waals surface area (Å²) in [7, 11) is 0. The molecule has 2 saturated heterocycles. The normalized spacial score (nSPS) is 24.9. The first-order valence-corrected chi connectivity index (χ1v) is 23.5. The van der Waals surface area contributed by atoms with Gasteiger partial charge in [0.1, 0.15) is 42.7 Å². The van der Waals surface area contributed by atoms with E-state index in [1.54, 1.807) is 0 Å². The van der Waals surface area contributed by atoms with E-state index in [1.807, 2.05) is 189 Å². The van der Waals surface area contributed by atoms with E-state index in [0.29, 0.717) is 13.2 Å². The van der Waals surface area contributed by atoms with Crippen molar-refractivity contribution >= 4 is 5.97 Å². The van der Waals surface area contributed by atoms with Gasteiger partial charge in [0.2, 0.25) is 0 Å². The predicted octanol–water partition coefficient (Wildman–Crippen LogP) is 9.59. The minimum Gasteiger partial charge on any atom is -0.454 e. The zero-order valence-corrected chi connectivity index (χ0v) is 38.7. The van der Waals surface area contributed by atoms with Crippen LogP contribution in [0.4, 0.5) is 0 Å². The van der Waals surface area contributed by atoms with Crippen molar-refractivity contribution in [3.05, 3.63) is 215 Å². The molecule has 0 bridgehead atoms. The summed E-state index contributed by atoms with van der Waals surface area (Å²) in [6.45, 7) is 5.35. The van der Waals surface area contributed by atoms with Crippen LogP contribution in [0.2, 0.25) is 0 Å². The van der Waals surface area contributed by atoms with E-state index in [-0.39, 0.29) is 39.6 Å². The van der Waals surface area contributed by atoms with Gasteiger partial charge in [-0.1, -0.05) is 182 Å². The van der Waals surface area contributed by atoms with Crippen molar-refractivity contribution in [3.8, 4) is 0 Å². The third kappa shape index (κ3) is 14.2. The molecule has 0 radical (unpaired) electrons. The Balaban J connectivity index is 1.13. The lowest BCUT2D eigenvalue weighted by Crippen LogP contribution is -2.66. The van der Waals surface area contributed by atoms with E-state index in [1.165, 1.54) is 6.92 Å². The molecule has 0 aliphatic carbocycles. The molecule has 2 heterocycles. The number of carbonyl (C=O) groups is 1. The molecule has 11 nitrogen and oxygen atoms in total. The molecule has 6 aromatic rings. The van der Waals surface area contributed by atoms with Crippen LogP contribution in [-0.4, -0.2) is 80.4 Å². The maximum Gasteiger partial charge on any atom is 0.303 e. The van der Waals surface area contributed by atoms with Gasteiger partial charge in [-0.3, -0.25) is 4.79 Å². The number of hydrogen-bond donors (Lipinski definition) is 0. The highest BCUT2D eigenvalue weighted by Gasteiger charge is 2.54. The van der Waals surface area contributed by atoms with Gasteiger partial charge in [-0.15, -0.1) is 0 Å². The highest BCUT2D eigenvalue weighted by molar-refractivity contribution is 5.66. The number of benzene rings is 6. The van der Waals surface area contributed by atoms with Crippen molar-refractivity contribution in [2.24, 2.45) is 0 Å². The number of carbonyl (C=O) groups excluding carboxylic acids is 1. The highest BCUT2D eigenvalue weighted by atomic mass is 16.7. The second-order valence-electron chi connectivity index (χ2n) is 17.1. The molecule has 0 saturated carbocycles. The van der Waals surface area contributed by atoms with Crippen molar-refractivity contribution < 1.29 is 52.2 Å². The largest absolute Gasteiger partial charge is 0.454 e. The summed E-state index contributed by atoms with van der Waals surface area (Å²) >= 11 is 0. The Bertz CT molecular complexity index is 2330. The van der Waals surface area contributed by atoms with Crippen molar-refractivity contribution in [1.82, 2.24) is 0 Å². The van der Waals surface area contributed by atoms with Gasteiger partial charge in [-0.25, -0.2) is 0 Å². The fourth-order valence-electron chi connectivity index (χ4n) is 8.60. The summed E-state index contributed by atoms with van der Waals surface area (Å²) in [6.07, 6.45) is -8.02. The lowest BCUT2D eigenvalue weighted by atomic mass is 9.94. The molecule has 2 aliphatic rings. The minimum absolute atomic E-state index is 0.112. The van der Waals surface area contributed by atoms with Crippen molar-refractivity contribution in [3.63, 3.8) is 0 Å². The standard InChI is InChI=1S/C57H62O11/c1-41-51(54(63-37-47-29-17-7-18-30-47)52(61-35-45-25-13-5-14-26-45)49(65-41)39-59-33-43-21-9-3-10-22-43)68-57-56(66-42(2)58)55(64-38-48-31-19-8-20-32-48)53(62-36-46-27-15-6-16-28-46)50(67-57)40-60-34-44-23-11-4-12-24-44/h3-32,41,49-57H,33-40H2,1-2H3/t41-,49?,50?,51+,52-,53-,54?,55?,56-,57-/m1/s1. The van der Waals surface area contributed by atoms with E-state index < -0.39 is 67.2 Å². The van der Waals surface area contributed by atoms with Gasteiger partial charge in [0, 0.05) is 6.92 Å². The van der Waals surface area contributed by atoms with Gasteiger partial charge in [0.15, 0.2) is 12.4 Å². The van der Waals surface area contributed by atoms with Crippen LogP contribution in [0, 0.1) is 0 Å². The van der Waals surface area contributed by atoms with Gasteiger partial charge in [0.25, 0.3) is 0 Å². The Morgan fingerprint density at radius 1 is 0.397 bits per heavy atom. The first-order valence-electron chi connectivity index (χ1n) is 23.5. The van der Waals surface area contributed by atoms with Gasteiger partial charge in [-0.05, 0) is 40.3 Å². The molecule has 6 aromatic carbocycles. The molecule has 0 N–H and O–H groups in total. The maximum absolute atomic E-state index is 13.2. The van der Waals surface area contributed by atoms with Crippen LogP contribution >= 0.6 is 0 Å². The molecule has 4 unspecified atom stereocenters. The van der Waals surface area contributed by atoms with Crippen LogP contribution in [0.3, 0.4) is 0 Å². The van der Waals surface area contributed by atoms with Crippen LogP contribution in [-0.2, 0) is 91.8 Å². The number of rotatable bonds is 23. The van der Waals surface area contributed by atoms with Crippen LogP contribution < -0.4 is 0 Å². The topological polar surface area (TPSA) is 109 Å². The lowest BCUT2D eigenvalue weighted by Gasteiger charge is -2.49. The number of ether oxygens (including phenoxy) is 10. The van der Waals surface area contributed by atoms with Crippen molar-refractivity contribution in [2.75, 3.05) is 13.2 Å². The molecule has 0 spiro atoms. The Labute approximate surface area is 400 Å². The molecule has 0 amide bonds.